The van der Waals surface area contributed by atoms with Gasteiger partial charge in [-0.25, -0.2) is 9.97 Å². The lowest BCUT2D eigenvalue weighted by atomic mass is 10.4. The lowest BCUT2D eigenvalue weighted by molar-refractivity contribution is -0.140. The van der Waals surface area contributed by atoms with Crippen molar-refractivity contribution in [3.05, 3.63) is 17.5 Å². The summed E-state index contributed by atoms with van der Waals surface area (Å²) in [5.74, 6) is 0.279. The van der Waals surface area contributed by atoms with E-state index < -0.39 is 0 Å². The van der Waals surface area contributed by atoms with E-state index in [1.165, 1.54) is 18.9 Å². The number of nitrogens with zero attached hydrogens (tertiary/aromatic N) is 3. The summed E-state index contributed by atoms with van der Waals surface area (Å²) in [6.45, 7) is 1.80. The quantitative estimate of drug-likeness (QED) is 0.446. The Labute approximate surface area is 97.9 Å². The minimum atomic E-state index is -0.263. The highest BCUT2D eigenvalue weighted by atomic mass is 32.2. The lowest BCUT2D eigenvalue weighted by Crippen LogP contribution is -2.02. The van der Waals surface area contributed by atoms with Gasteiger partial charge < -0.3 is 4.74 Å². The second-order valence-electron chi connectivity index (χ2n) is 2.96. The highest BCUT2D eigenvalue weighted by Crippen LogP contribution is 2.15. The summed E-state index contributed by atoms with van der Waals surface area (Å²) in [7, 11) is 1.35. The number of ether oxygens (including phenoxy) is 1. The van der Waals surface area contributed by atoms with E-state index in [4.69, 9.17) is 5.26 Å². The van der Waals surface area contributed by atoms with Crippen molar-refractivity contribution in [3.63, 3.8) is 0 Å². The third-order valence-corrected chi connectivity index (χ3v) is 2.56. The van der Waals surface area contributed by atoms with Crippen LogP contribution < -0.4 is 0 Å². The average Bonchev–Trinajstić information content (AvgIpc) is 2.28. The Kier molecular flexibility index (Phi) is 4.73. The zero-order chi connectivity index (χ0) is 12.0. The first kappa shape index (κ1) is 12.5. The van der Waals surface area contributed by atoms with E-state index in [2.05, 4.69) is 14.7 Å². The molecule has 0 saturated carbocycles. The van der Waals surface area contributed by atoms with Gasteiger partial charge in [-0.05, 0) is 13.0 Å². The fourth-order valence-electron chi connectivity index (χ4n) is 0.991. The van der Waals surface area contributed by atoms with Gasteiger partial charge in [0, 0.05) is 11.4 Å². The first-order valence-electron chi connectivity index (χ1n) is 4.61. The molecule has 0 N–H and O–H groups in total. The number of methoxy groups -OCH3 is 1. The molecular formula is C10H11N3O2S. The van der Waals surface area contributed by atoms with Gasteiger partial charge in [0.2, 0.25) is 0 Å². The molecule has 0 aromatic carbocycles. The normalized spacial score (nSPS) is 9.56. The SMILES string of the molecule is COC(=O)CCSc1nc(C)cc(C#N)n1. The topological polar surface area (TPSA) is 75.9 Å². The maximum Gasteiger partial charge on any atom is 0.306 e. The molecule has 0 radical (unpaired) electrons. The van der Waals surface area contributed by atoms with Crippen molar-refractivity contribution >= 4 is 17.7 Å². The summed E-state index contributed by atoms with van der Waals surface area (Å²) in [6, 6.07) is 3.58. The number of nitriles is 1. The first-order valence-corrected chi connectivity index (χ1v) is 5.59. The Hall–Kier alpha value is -1.61. The summed E-state index contributed by atoms with van der Waals surface area (Å²) < 4.78 is 4.51. The third kappa shape index (κ3) is 3.87. The zero-order valence-corrected chi connectivity index (χ0v) is 9.87. The number of carbonyl (C=O) groups is 1. The zero-order valence-electron chi connectivity index (χ0n) is 9.06. The number of thioether (sulfide) groups is 1. The van der Waals surface area contributed by atoms with Crippen LogP contribution in [0.2, 0.25) is 0 Å². The number of aryl methyl sites for hydroxylation is 1. The van der Waals surface area contributed by atoms with Gasteiger partial charge in [0.1, 0.15) is 11.8 Å². The molecule has 84 valence electrons. The van der Waals surface area contributed by atoms with Crippen LogP contribution in [0.4, 0.5) is 0 Å². The molecule has 1 heterocycles. The minimum Gasteiger partial charge on any atom is -0.469 e. The third-order valence-electron chi connectivity index (χ3n) is 1.71. The van der Waals surface area contributed by atoms with Crippen molar-refractivity contribution in [2.45, 2.75) is 18.5 Å². The molecule has 0 atom stereocenters. The Balaban J connectivity index is 2.57. The molecule has 1 aromatic rings. The van der Waals surface area contributed by atoms with E-state index >= 15 is 0 Å². The highest BCUT2D eigenvalue weighted by molar-refractivity contribution is 7.99. The van der Waals surface area contributed by atoms with Gasteiger partial charge in [-0.1, -0.05) is 11.8 Å². The highest BCUT2D eigenvalue weighted by Gasteiger charge is 2.05. The molecular weight excluding hydrogens is 226 g/mol. The average molecular weight is 237 g/mol. The number of esters is 1. The molecule has 0 unspecified atom stereocenters. The van der Waals surface area contributed by atoms with Gasteiger partial charge in [-0.2, -0.15) is 5.26 Å². The van der Waals surface area contributed by atoms with Crippen LogP contribution in [-0.2, 0) is 9.53 Å². The van der Waals surface area contributed by atoms with Crippen LogP contribution >= 0.6 is 11.8 Å². The smallest absolute Gasteiger partial charge is 0.306 e. The van der Waals surface area contributed by atoms with Crippen LogP contribution in [0.25, 0.3) is 0 Å². The molecule has 16 heavy (non-hydrogen) atoms. The van der Waals surface area contributed by atoms with Crippen molar-refractivity contribution in [1.29, 1.82) is 5.26 Å². The van der Waals surface area contributed by atoms with E-state index in [-0.39, 0.29) is 5.97 Å². The minimum absolute atomic E-state index is 0.263. The maximum absolute atomic E-state index is 10.9. The van der Waals surface area contributed by atoms with Crippen LogP contribution in [0.5, 0.6) is 0 Å². The molecule has 0 aliphatic heterocycles. The summed E-state index contributed by atoms with van der Waals surface area (Å²) in [4.78, 5) is 19.0. The summed E-state index contributed by atoms with van der Waals surface area (Å²) in [5.41, 5.74) is 1.08. The molecule has 5 nitrogen and oxygen atoms in total. The standard InChI is InChI=1S/C10H11N3O2S/c1-7-5-8(6-11)13-10(12-7)16-4-3-9(14)15-2/h5H,3-4H2,1-2H3. The van der Waals surface area contributed by atoms with Crippen molar-refractivity contribution in [1.82, 2.24) is 9.97 Å². The van der Waals surface area contributed by atoms with Gasteiger partial charge in [0.05, 0.1) is 13.5 Å². The summed E-state index contributed by atoms with van der Waals surface area (Å²) in [5, 5.41) is 9.23. The monoisotopic (exact) mass is 237 g/mol. The van der Waals surface area contributed by atoms with E-state index in [0.717, 1.165) is 5.69 Å². The molecule has 0 aliphatic rings. The van der Waals surface area contributed by atoms with Crippen molar-refractivity contribution in [2.75, 3.05) is 12.9 Å². The van der Waals surface area contributed by atoms with E-state index in [0.29, 0.717) is 23.0 Å². The fraction of sp³-hybridized carbons (Fsp3) is 0.400. The van der Waals surface area contributed by atoms with Gasteiger partial charge in [0.15, 0.2) is 5.16 Å². The number of carbonyl (C=O) groups excluding carboxylic acids is 1. The largest absolute Gasteiger partial charge is 0.469 e. The molecule has 0 spiro atoms. The lowest BCUT2D eigenvalue weighted by Gasteiger charge is -2.01. The predicted octanol–water partition coefficient (Wildman–Crippen LogP) is 1.31. The molecule has 0 saturated heterocycles. The van der Waals surface area contributed by atoms with E-state index in [9.17, 15) is 4.79 Å². The Morgan fingerprint density at radius 1 is 1.62 bits per heavy atom. The Morgan fingerprint density at radius 2 is 2.38 bits per heavy atom. The Morgan fingerprint density at radius 3 is 3.00 bits per heavy atom. The predicted molar refractivity (Wildman–Crippen MR) is 58.8 cm³/mol. The summed E-state index contributed by atoms with van der Waals surface area (Å²) >= 11 is 1.33. The molecule has 1 rings (SSSR count). The van der Waals surface area contributed by atoms with Crippen LogP contribution in [0.1, 0.15) is 17.8 Å². The molecule has 0 fully saturated rings. The van der Waals surface area contributed by atoms with Crippen LogP contribution in [0, 0.1) is 18.3 Å². The van der Waals surface area contributed by atoms with Gasteiger partial charge in [0.25, 0.3) is 0 Å². The molecule has 1 aromatic heterocycles. The number of aromatic nitrogens is 2. The first-order chi connectivity index (χ1) is 7.65. The van der Waals surface area contributed by atoms with Crippen LogP contribution in [0.3, 0.4) is 0 Å². The van der Waals surface area contributed by atoms with Gasteiger partial charge in [-0.3, -0.25) is 4.79 Å². The molecule has 0 bridgehead atoms. The van der Waals surface area contributed by atoms with E-state index in [1.54, 1.807) is 13.0 Å². The number of hydrogen-bond donors (Lipinski definition) is 0. The van der Waals surface area contributed by atoms with Crippen molar-refractivity contribution in [3.8, 4) is 6.07 Å². The van der Waals surface area contributed by atoms with Crippen LogP contribution in [0.15, 0.2) is 11.2 Å². The maximum atomic E-state index is 10.9. The fourth-order valence-corrected chi connectivity index (χ4v) is 1.81. The Bertz CT molecular complexity index is 429. The molecule has 6 heteroatoms. The molecule has 0 amide bonds. The van der Waals surface area contributed by atoms with E-state index in [1.807, 2.05) is 6.07 Å². The second-order valence-corrected chi connectivity index (χ2v) is 4.03. The second kappa shape index (κ2) is 6.08. The number of hydrogen-bond acceptors (Lipinski definition) is 6. The van der Waals surface area contributed by atoms with Gasteiger partial charge >= 0.3 is 5.97 Å². The van der Waals surface area contributed by atoms with Gasteiger partial charge in [-0.15, -0.1) is 0 Å². The molecule has 0 aliphatic carbocycles. The van der Waals surface area contributed by atoms with Crippen LogP contribution in [-0.4, -0.2) is 28.8 Å². The van der Waals surface area contributed by atoms with Crippen molar-refractivity contribution < 1.29 is 9.53 Å². The van der Waals surface area contributed by atoms with Crippen molar-refractivity contribution in [2.24, 2.45) is 0 Å². The summed E-state index contributed by atoms with van der Waals surface area (Å²) in [6.07, 6.45) is 0.306. The number of rotatable bonds is 4.